The first-order valence-electron chi connectivity index (χ1n) is 8.91. The zero-order valence-electron chi connectivity index (χ0n) is 15.7. The van der Waals surface area contributed by atoms with Crippen LogP contribution in [0, 0.1) is 15.9 Å². The third kappa shape index (κ3) is 4.70. The standard InChI is InChI=1S/C21H13FN4O4S/c22-15-7-9-17-18(12-15)31-21(24-17)25(19(27)10-6-14-4-2-1-3-5-14)23-13-16-8-11-20(30-16)26(28)29/h1-13H/b10-6+,23-13+. The summed E-state index contributed by atoms with van der Waals surface area (Å²) in [6.45, 7) is 0. The SMILES string of the molecule is O=C(/C=C/c1ccccc1)N(/N=C/c1ccc([N+](=O)[O-])o1)c1nc2ccc(F)cc2s1. The maximum atomic E-state index is 13.5. The number of hydrazone groups is 1. The molecule has 31 heavy (non-hydrogen) atoms. The van der Waals surface area contributed by atoms with Crippen molar-refractivity contribution in [3.8, 4) is 0 Å². The first kappa shape index (κ1) is 20.1. The van der Waals surface area contributed by atoms with Crippen LogP contribution in [0.15, 0.2) is 76.3 Å². The van der Waals surface area contributed by atoms with Gasteiger partial charge in [-0.15, -0.1) is 0 Å². The van der Waals surface area contributed by atoms with Crippen molar-refractivity contribution in [2.45, 2.75) is 0 Å². The zero-order valence-corrected chi connectivity index (χ0v) is 16.5. The molecule has 0 fully saturated rings. The molecule has 0 saturated heterocycles. The Morgan fingerprint density at radius 3 is 2.74 bits per heavy atom. The van der Waals surface area contributed by atoms with Gasteiger partial charge in [-0.1, -0.05) is 41.7 Å². The summed E-state index contributed by atoms with van der Waals surface area (Å²) in [4.78, 5) is 27.3. The van der Waals surface area contributed by atoms with E-state index >= 15 is 0 Å². The fourth-order valence-corrected chi connectivity index (χ4v) is 3.56. The summed E-state index contributed by atoms with van der Waals surface area (Å²) in [5.41, 5.74) is 1.32. The van der Waals surface area contributed by atoms with Gasteiger partial charge < -0.3 is 4.42 Å². The molecule has 2 aromatic carbocycles. The normalized spacial score (nSPS) is 11.5. The van der Waals surface area contributed by atoms with Crippen LogP contribution in [0.3, 0.4) is 0 Å². The summed E-state index contributed by atoms with van der Waals surface area (Å²) in [5.74, 6) is -1.29. The number of carbonyl (C=O) groups excluding carboxylic acids is 1. The maximum absolute atomic E-state index is 13.5. The molecule has 2 heterocycles. The number of hydrogen-bond acceptors (Lipinski definition) is 7. The van der Waals surface area contributed by atoms with E-state index in [0.717, 1.165) is 21.9 Å². The number of carbonyl (C=O) groups is 1. The van der Waals surface area contributed by atoms with Gasteiger partial charge in [-0.25, -0.2) is 9.37 Å². The van der Waals surface area contributed by atoms with E-state index in [9.17, 15) is 19.3 Å². The minimum Gasteiger partial charge on any atom is -0.400 e. The van der Waals surface area contributed by atoms with Gasteiger partial charge in [0.05, 0.1) is 22.5 Å². The quantitative estimate of drug-likeness (QED) is 0.183. The molecule has 0 unspecified atom stereocenters. The maximum Gasteiger partial charge on any atom is 0.433 e. The molecule has 2 aromatic heterocycles. The van der Waals surface area contributed by atoms with Crippen LogP contribution in [0.2, 0.25) is 0 Å². The molecule has 1 amide bonds. The number of thiazole rings is 1. The largest absolute Gasteiger partial charge is 0.433 e. The molecular formula is C21H13FN4O4S. The molecule has 10 heteroatoms. The Bertz CT molecular complexity index is 1310. The molecule has 0 saturated carbocycles. The van der Waals surface area contributed by atoms with Gasteiger partial charge in [0.15, 0.2) is 5.76 Å². The number of benzene rings is 2. The average Bonchev–Trinajstić information content (AvgIpc) is 3.40. The number of nitro groups is 1. The van der Waals surface area contributed by atoms with Crippen molar-refractivity contribution in [2.75, 3.05) is 5.01 Å². The first-order chi connectivity index (χ1) is 15.0. The van der Waals surface area contributed by atoms with E-state index in [-0.39, 0.29) is 10.9 Å². The van der Waals surface area contributed by atoms with E-state index < -0.39 is 22.5 Å². The van der Waals surface area contributed by atoms with Crippen LogP contribution in [-0.2, 0) is 4.79 Å². The number of aromatic nitrogens is 1. The Hall–Kier alpha value is -4.18. The van der Waals surface area contributed by atoms with Gasteiger partial charge in [0.25, 0.3) is 5.91 Å². The van der Waals surface area contributed by atoms with Gasteiger partial charge in [0, 0.05) is 6.08 Å². The van der Waals surface area contributed by atoms with Crippen LogP contribution in [-0.4, -0.2) is 22.0 Å². The lowest BCUT2D eigenvalue weighted by molar-refractivity contribution is -0.402. The van der Waals surface area contributed by atoms with Crippen molar-refractivity contribution in [3.05, 3.63) is 94.0 Å². The number of fused-ring (bicyclic) bond motifs is 1. The Kier molecular flexibility index (Phi) is 5.63. The highest BCUT2D eigenvalue weighted by molar-refractivity contribution is 7.22. The van der Waals surface area contributed by atoms with E-state index in [1.165, 1.54) is 42.6 Å². The highest BCUT2D eigenvalue weighted by Gasteiger charge is 2.18. The van der Waals surface area contributed by atoms with Crippen LogP contribution in [0.1, 0.15) is 11.3 Å². The highest BCUT2D eigenvalue weighted by atomic mass is 32.1. The van der Waals surface area contributed by atoms with Gasteiger partial charge in [-0.05, 0) is 35.9 Å². The van der Waals surface area contributed by atoms with Crippen LogP contribution < -0.4 is 5.01 Å². The first-order valence-corrected chi connectivity index (χ1v) is 9.73. The molecule has 0 N–H and O–H groups in total. The van der Waals surface area contributed by atoms with Crippen LogP contribution in [0.5, 0.6) is 0 Å². The molecule has 0 atom stereocenters. The number of rotatable bonds is 6. The summed E-state index contributed by atoms with van der Waals surface area (Å²) in [5, 5.41) is 16.1. The van der Waals surface area contributed by atoms with E-state index in [1.54, 1.807) is 6.08 Å². The van der Waals surface area contributed by atoms with Crippen LogP contribution in [0.25, 0.3) is 16.3 Å². The molecule has 8 nitrogen and oxygen atoms in total. The molecule has 0 radical (unpaired) electrons. The lowest BCUT2D eigenvalue weighted by Crippen LogP contribution is -2.23. The zero-order chi connectivity index (χ0) is 21.8. The summed E-state index contributed by atoms with van der Waals surface area (Å²) in [7, 11) is 0. The molecule has 154 valence electrons. The minimum absolute atomic E-state index is 0.0868. The summed E-state index contributed by atoms with van der Waals surface area (Å²) in [6, 6.07) is 15.8. The third-order valence-electron chi connectivity index (χ3n) is 4.04. The van der Waals surface area contributed by atoms with Crippen LogP contribution in [0.4, 0.5) is 15.4 Å². The predicted molar refractivity (Wildman–Crippen MR) is 115 cm³/mol. The summed E-state index contributed by atoms with van der Waals surface area (Å²) in [6.07, 6.45) is 4.12. The van der Waals surface area contributed by atoms with Gasteiger partial charge in [-0.2, -0.15) is 10.1 Å². The molecule has 0 aliphatic heterocycles. The second-order valence-electron chi connectivity index (χ2n) is 6.18. The Labute approximate surface area is 178 Å². The second kappa shape index (κ2) is 8.67. The Balaban J connectivity index is 1.67. The van der Waals surface area contributed by atoms with E-state index in [1.807, 2.05) is 30.3 Å². The van der Waals surface area contributed by atoms with Gasteiger partial charge in [-0.3, -0.25) is 14.9 Å². The Morgan fingerprint density at radius 1 is 1.19 bits per heavy atom. The topological polar surface area (TPSA) is 102 Å². The number of nitrogens with zero attached hydrogens (tertiary/aromatic N) is 4. The molecule has 0 aliphatic carbocycles. The molecular weight excluding hydrogens is 423 g/mol. The van der Waals surface area contributed by atoms with Gasteiger partial charge in [0.1, 0.15) is 10.7 Å². The van der Waals surface area contributed by atoms with Crippen molar-refractivity contribution in [2.24, 2.45) is 5.10 Å². The summed E-state index contributed by atoms with van der Waals surface area (Å²) >= 11 is 1.08. The van der Waals surface area contributed by atoms with Crippen molar-refractivity contribution < 1.29 is 18.5 Å². The number of halogens is 1. The van der Waals surface area contributed by atoms with Crippen molar-refractivity contribution in [1.82, 2.24) is 4.98 Å². The summed E-state index contributed by atoms with van der Waals surface area (Å²) < 4.78 is 19.1. The fraction of sp³-hybridized carbons (Fsp3) is 0. The molecule has 0 bridgehead atoms. The number of hydrogen-bond donors (Lipinski definition) is 0. The lowest BCUT2D eigenvalue weighted by Gasteiger charge is -2.10. The number of furan rings is 1. The van der Waals surface area contributed by atoms with Crippen molar-refractivity contribution in [3.63, 3.8) is 0 Å². The van der Waals surface area contributed by atoms with Gasteiger partial charge >= 0.3 is 5.88 Å². The average molecular weight is 436 g/mol. The molecule has 0 spiro atoms. The smallest absolute Gasteiger partial charge is 0.400 e. The van der Waals surface area contributed by atoms with Crippen LogP contribution >= 0.6 is 11.3 Å². The fourth-order valence-electron chi connectivity index (χ4n) is 2.60. The predicted octanol–water partition coefficient (Wildman–Crippen LogP) is 5.02. The second-order valence-corrected chi connectivity index (χ2v) is 7.19. The minimum atomic E-state index is -0.676. The number of anilines is 1. The Morgan fingerprint density at radius 2 is 2.00 bits per heavy atom. The monoisotopic (exact) mass is 436 g/mol. The number of amides is 1. The lowest BCUT2D eigenvalue weighted by atomic mass is 10.2. The van der Waals surface area contributed by atoms with E-state index in [0.29, 0.717) is 10.2 Å². The molecule has 0 aliphatic rings. The third-order valence-corrected chi connectivity index (χ3v) is 5.03. The van der Waals surface area contributed by atoms with Gasteiger partial charge in [0.2, 0.25) is 5.13 Å². The van der Waals surface area contributed by atoms with Crippen molar-refractivity contribution in [1.29, 1.82) is 0 Å². The molecule has 4 rings (SSSR count). The van der Waals surface area contributed by atoms with Crippen molar-refractivity contribution >= 4 is 50.8 Å². The molecule has 4 aromatic rings. The van der Waals surface area contributed by atoms with E-state index in [2.05, 4.69) is 10.1 Å². The highest BCUT2D eigenvalue weighted by Crippen LogP contribution is 2.30. The van der Waals surface area contributed by atoms with E-state index in [4.69, 9.17) is 4.42 Å².